The molecule has 46 heavy (non-hydrogen) atoms. The quantitative estimate of drug-likeness (QED) is 0.131. The Bertz CT molecular complexity index is 1550. The number of anilines is 1. The first kappa shape index (κ1) is 37.9. The zero-order chi connectivity index (χ0) is 30.9. The molecule has 238 valence electrons. The van der Waals surface area contributed by atoms with E-state index in [9.17, 15) is 9.18 Å². The van der Waals surface area contributed by atoms with Gasteiger partial charge in [-0.05, 0) is 73.4 Å². The number of thiazole rings is 1. The topological polar surface area (TPSA) is 88.0 Å². The maximum atomic E-state index is 13.6. The van der Waals surface area contributed by atoms with Crippen molar-refractivity contribution in [2.45, 2.75) is 64.6 Å². The molecule has 2 heterocycles. The minimum absolute atomic E-state index is 0. The van der Waals surface area contributed by atoms with E-state index in [1.165, 1.54) is 17.9 Å². The molecule has 2 atom stereocenters. The first-order valence-electron chi connectivity index (χ1n) is 15.3. The number of rotatable bonds is 15. The molecule has 7 nitrogen and oxygen atoms in total. The van der Waals surface area contributed by atoms with Gasteiger partial charge in [0, 0.05) is 23.7 Å². The van der Waals surface area contributed by atoms with E-state index in [1.54, 1.807) is 0 Å². The number of amidine groups is 1. The smallest absolute Gasteiger partial charge is 0.539 e. The molecule has 0 radical (unpaired) electrons. The van der Waals surface area contributed by atoms with Crippen LogP contribution in [0.3, 0.4) is 0 Å². The van der Waals surface area contributed by atoms with Crippen molar-refractivity contribution in [2.75, 3.05) is 11.9 Å². The van der Waals surface area contributed by atoms with Crippen molar-refractivity contribution >= 4 is 40.6 Å². The van der Waals surface area contributed by atoms with E-state index < -0.39 is 12.7 Å². The van der Waals surface area contributed by atoms with E-state index in [4.69, 9.17) is 4.74 Å². The van der Waals surface area contributed by atoms with E-state index in [2.05, 4.69) is 32.2 Å². The number of hydrogen-bond donors (Lipinski definition) is 2. The van der Waals surface area contributed by atoms with Gasteiger partial charge < -0.3 is 22.8 Å². The summed E-state index contributed by atoms with van der Waals surface area (Å²) in [6, 6.07) is 17.0. The summed E-state index contributed by atoms with van der Waals surface area (Å²) in [4.78, 5) is 28.2. The summed E-state index contributed by atoms with van der Waals surface area (Å²) in [7, 11) is 0. The summed E-state index contributed by atoms with van der Waals surface area (Å²) < 4.78 is 19.7. The zero-order valence-electron chi connectivity index (χ0n) is 27.3. The van der Waals surface area contributed by atoms with Crippen molar-refractivity contribution in [3.05, 3.63) is 114 Å². The van der Waals surface area contributed by atoms with Crippen molar-refractivity contribution in [3.63, 3.8) is 0 Å². The number of benzene rings is 2. The number of carbonyl (C=O) groups is 1. The Balaban J connectivity index is 0.00000288. The van der Waals surface area contributed by atoms with Crippen LogP contribution >= 0.6 is 11.3 Å². The van der Waals surface area contributed by atoms with Gasteiger partial charge in [-0.1, -0.05) is 75.4 Å². The molecule has 5 rings (SSSR count). The number of amides is 1. The van der Waals surface area contributed by atoms with Crippen LogP contribution in [0.4, 0.5) is 10.1 Å². The van der Waals surface area contributed by atoms with Gasteiger partial charge in [0.1, 0.15) is 23.6 Å². The van der Waals surface area contributed by atoms with E-state index in [0.717, 1.165) is 46.7 Å². The molecule has 1 aromatic heterocycles. The predicted octanol–water partition coefficient (Wildman–Crippen LogP) is 5.28. The Morgan fingerprint density at radius 2 is 1.91 bits per heavy atom. The molecule has 1 saturated carbocycles. The van der Waals surface area contributed by atoms with Crippen LogP contribution in [-0.4, -0.2) is 35.5 Å². The van der Waals surface area contributed by atoms with Crippen LogP contribution in [-0.2, 0) is 16.2 Å². The minimum atomic E-state index is -0.654. The molecule has 3 aromatic rings. The molecule has 2 unspecified atom stereocenters. The number of nitrogens with one attached hydrogen (secondary N) is 2. The number of aromatic nitrogens is 1. The SMILES string of the molecule is C=C(c1ccccc1)c1ccccc1NC(=O)C(CCC)N/C(=C\CC)O[CH-]c1nc(CF)sc1C1C=NC(C2CC2)=NC1.[CH3-].[K+]. The second-order valence-electron chi connectivity index (χ2n) is 10.9. The number of carbonyl (C=O) groups excluding carboxylic acids is 1. The summed E-state index contributed by atoms with van der Waals surface area (Å²) in [5.74, 6) is 1.59. The number of alkyl halides is 1. The van der Waals surface area contributed by atoms with Gasteiger partial charge >= 0.3 is 51.4 Å². The number of allylic oxidation sites excluding steroid dienone is 1. The number of para-hydroxylation sites is 1. The second kappa shape index (κ2) is 18.7. The molecular weight excluding hydrogens is 625 g/mol. The van der Waals surface area contributed by atoms with Crippen molar-refractivity contribution in [3.8, 4) is 0 Å². The fourth-order valence-corrected chi connectivity index (χ4v) is 5.95. The Kier molecular flexibility index (Phi) is 15.4. The third-order valence-corrected chi connectivity index (χ3v) is 8.65. The van der Waals surface area contributed by atoms with Crippen molar-refractivity contribution in [1.82, 2.24) is 10.3 Å². The monoisotopic (exact) mass is 666 g/mol. The summed E-state index contributed by atoms with van der Waals surface area (Å²) in [6.45, 7) is 9.77. The van der Waals surface area contributed by atoms with E-state index in [1.807, 2.05) is 80.7 Å². The fourth-order valence-electron chi connectivity index (χ4n) is 5.02. The van der Waals surface area contributed by atoms with Crippen molar-refractivity contribution < 1.29 is 65.3 Å². The molecule has 1 fully saturated rings. The molecule has 1 aliphatic carbocycles. The number of halogens is 1. The van der Waals surface area contributed by atoms with E-state index in [0.29, 0.717) is 47.6 Å². The number of hydrogen-bond acceptors (Lipinski definition) is 7. The fraction of sp³-hybridized carbons (Fsp3) is 0.333. The number of nitrogens with zero attached hydrogens (tertiary/aromatic N) is 3. The van der Waals surface area contributed by atoms with Crippen LogP contribution in [0.5, 0.6) is 0 Å². The third-order valence-electron chi connectivity index (χ3n) is 7.49. The largest absolute Gasteiger partial charge is 1.00 e. The third kappa shape index (κ3) is 9.95. The molecule has 0 saturated heterocycles. The number of aliphatic imine (C=N–C) groups is 2. The molecule has 2 aliphatic rings. The Labute approximate surface area is 319 Å². The van der Waals surface area contributed by atoms with Gasteiger partial charge in [-0.2, -0.15) is 0 Å². The zero-order valence-corrected chi connectivity index (χ0v) is 31.2. The molecule has 2 N–H and O–H groups in total. The Hall–Kier alpha value is -2.60. The average molecular weight is 667 g/mol. The van der Waals surface area contributed by atoms with Gasteiger partial charge in [-0.25, -0.2) is 20.7 Å². The van der Waals surface area contributed by atoms with Crippen molar-refractivity contribution in [1.29, 1.82) is 0 Å². The van der Waals surface area contributed by atoms with Crippen LogP contribution in [0.2, 0.25) is 0 Å². The summed E-state index contributed by atoms with van der Waals surface area (Å²) in [5.41, 5.74) is 3.92. The minimum Gasteiger partial charge on any atom is -0.539 e. The van der Waals surface area contributed by atoms with Gasteiger partial charge in [-0.3, -0.25) is 14.8 Å². The standard InChI is InChI=1S/C35H39FN5O2S.CH3.K/c1-4-11-29(35(42)41-28-16-10-9-15-27(28)23(3)24-13-7-6-8-14-24)39-31(12-5-2)43-22-30-33(44-32(19-36)40-30)26-20-37-34(38-21-26)25-17-18-25;;/h6-10,12-16,20,22,25-26,29,39H,3-5,11,17-19,21H2,1-2H3,(H,41,42);1H3;/q2*-1;+1/b31-12+;;. The van der Waals surface area contributed by atoms with Gasteiger partial charge in [0.15, 0.2) is 5.88 Å². The summed E-state index contributed by atoms with van der Waals surface area (Å²) in [6.07, 6.45) is 8.13. The average Bonchev–Trinajstić information content (AvgIpc) is 3.83. The van der Waals surface area contributed by atoms with Gasteiger partial charge in [0.25, 0.3) is 0 Å². The molecular formula is C36H42FKN5O2S-. The summed E-state index contributed by atoms with van der Waals surface area (Å²) in [5, 5.41) is 6.79. The maximum Gasteiger partial charge on any atom is 1.00 e. The molecule has 2 aromatic carbocycles. The first-order valence-corrected chi connectivity index (χ1v) is 16.1. The van der Waals surface area contributed by atoms with E-state index >= 15 is 0 Å². The first-order chi connectivity index (χ1) is 21.5. The maximum absolute atomic E-state index is 13.6. The van der Waals surface area contributed by atoms with Crippen LogP contribution < -0.4 is 62.0 Å². The van der Waals surface area contributed by atoms with Crippen LogP contribution in [0.25, 0.3) is 5.57 Å². The second-order valence-corrected chi connectivity index (χ2v) is 12.0. The van der Waals surface area contributed by atoms with E-state index in [-0.39, 0.29) is 70.6 Å². The summed E-state index contributed by atoms with van der Waals surface area (Å²) >= 11 is 1.32. The Morgan fingerprint density at radius 3 is 2.57 bits per heavy atom. The van der Waals surface area contributed by atoms with Crippen molar-refractivity contribution in [2.24, 2.45) is 15.9 Å². The molecule has 1 amide bonds. The normalized spacial score (nSPS) is 16.3. The Morgan fingerprint density at radius 1 is 1.17 bits per heavy atom. The predicted molar refractivity (Wildman–Crippen MR) is 184 cm³/mol. The van der Waals surface area contributed by atoms with Crippen LogP contribution in [0.1, 0.15) is 78.6 Å². The number of ether oxygens (including phenoxy) is 1. The van der Waals surface area contributed by atoms with Gasteiger partial charge in [0.2, 0.25) is 5.91 Å². The molecule has 0 bridgehead atoms. The van der Waals surface area contributed by atoms with Crippen LogP contribution in [0, 0.1) is 20.0 Å². The van der Waals surface area contributed by atoms with Crippen LogP contribution in [0.15, 0.2) is 83.1 Å². The molecule has 0 spiro atoms. The molecule has 1 aliphatic heterocycles. The van der Waals surface area contributed by atoms with Gasteiger partial charge in [0.05, 0.1) is 0 Å². The van der Waals surface area contributed by atoms with Gasteiger partial charge in [-0.15, -0.1) is 4.88 Å². The molecule has 10 heteroatoms.